The molecule has 0 spiro atoms. The van der Waals surface area contributed by atoms with Crippen LogP contribution in [0.3, 0.4) is 0 Å². The van der Waals surface area contributed by atoms with Gasteiger partial charge in [-0.1, -0.05) is 19.3 Å². The average molecular weight is 265 g/mol. The normalized spacial score (nSPS) is 16.3. The minimum absolute atomic E-state index is 0.0769. The molecule has 104 valence electrons. The maximum absolute atomic E-state index is 10.6. The highest BCUT2D eigenvalue weighted by Crippen LogP contribution is 2.27. The maximum atomic E-state index is 10.6. The highest BCUT2D eigenvalue weighted by atomic mass is 16.6. The number of nitro groups is 1. The molecule has 0 atom stereocenters. The first kappa shape index (κ1) is 13.7. The minimum atomic E-state index is -0.499. The monoisotopic (exact) mass is 265 g/mol. The quantitative estimate of drug-likeness (QED) is 0.651. The first-order valence-corrected chi connectivity index (χ1v) is 6.70. The van der Waals surface area contributed by atoms with Gasteiger partial charge in [-0.3, -0.25) is 0 Å². The van der Waals surface area contributed by atoms with Gasteiger partial charge in [0.2, 0.25) is 0 Å². The molecule has 0 radical (unpaired) electrons. The second-order valence-electron chi connectivity index (χ2n) is 4.84. The second-order valence-corrected chi connectivity index (χ2v) is 4.84. The van der Waals surface area contributed by atoms with E-state index in [1.165, 1.54) is 31.5 Å². The van der Waals surface area contributed by atoms with Gasteiger partial charge in [-0.15, -0.1) is 0 Å². The van der Waals surface area contributed by atoms with Gasteiger partial charge in [0.15, 0.2) is 6.20 Å². The fourth-order valence-corrected chi connectivity index (χ4v) is 2.68. The third-order valence-corrected chi connectivity index (χ3v) is 3.61. The van der Waals surface area contributed by atoms with Crippen LogP contribution in [0.5, 0.6) is 0 Å². The fraction of sp³-hybridized carbons (Fsp3) is 0.615. The standard InChI is InChI=1S/C13H19N3O3/c17-9-8-15(11-4-2-1-3-5-11)12-6-7-13(14-10-12)16(18)19/h6-7,10-11,17H,1-5,8-9H2. The molecule has 19 heavy (non-hydrogen) atoms. The average Bonchev–Trinajstić information content (AvgIpc) is 2.46. The molecule has 2 rings (SSSR count). The molecule has 0 bridgehead atoms. The highest BCUT2D eigenvalue weighted by Gasteiger charge is 2.22. The Balaban J connectivity index is 2.15. The summed E-state index contributed by atoms with van der Waals surface area (Å²) >= 11 is 0. The Bertz CT molecular complexity index is 416. The number of aliphatic hydroxyl groups excluding tert-OH is 1. The molecule has 6 heteroatoms. The van der Waals surface area contributed by atoms with Gasteiger partial charge >= 0.3 is 5.82 Å². The van der Waals surface area contributed by atoms with Crippen LogP contribution in [0, 0.1) is 10.1 Å². The van der Waals surface area contributed by atoms with Crippen LogP contribution in [-0.2, 0) is 0 Å². The van der Waals surface area contributed by atoms with Gasteiger partial charge in [-0.25, -0.2) is 0 Å². The summed E-state index contributed by atoms with van der Waals surface area (Å²) in [6, 6.07) is 3.54. The Morgan fingerprint density at radius 3 is 2.63 bits per heavy atom. The minimum Gasteiger partial charge on any atom is -0.395 e. The summed E-state index contributed by atoms with van der Waals surface area (Å²) in [4.78, 5) is 16.1. The predicted molar refractivity (Wildman–Crippen MR) is 72.2 cm³/mol. The molecule has 0 aromatic carbocycles. The summed E-state index contributed by atoms with van der Waals surface area (Å²) in [6.45, 7) is 0.623. The van der Waals surface area contributed by atoms with Gasteiger partial charge in [0, 0.05) is 18.7 Å². The van der Waals surface area contributed by atoms with E-state index < -0.39 is 4.92 Å². The summed E-state index contributed by atoms with van der Waals surface area (Å²) in [7, 11) is 0. The van der Waals surface area contributed by atoms with Crippen molar-refractivity contribution in [3.05, 3.63) is 28.4 Å². The van der Waals surface area contributed by atoms with E-state index >= 15 is 0 Å². The topological polar surface area (TPSA) is 79.5 Å². The number of hydrogen-bond acceptors (Lipinski definition) is 5. The fourth-order valence-electron chi connectivity index (χ4n) is 2.68. The van der Waals surface area contributed by atoms with E-state index in [4.69, 9.17) is 0 Å². The molecular formula is C13H19N3O3. The number of hydrogen-bond donors (Lipinski definition) is 1. The molecule has 0 aliphatic heterocycles. The molecule has 0 unspecified atom stereocenters. The Labute approximate surface area is 112 Å². The lowest BCUT2D eigenvalue weighted by molar-refractivity contribution is -0.389. The third kappa shape index (κ3) is 3.41. The Kier molecular flexibility index (Phi) is 4.68. The van der Waals surface area contributed by atoms with E-state index in [1.54, 1.807) is 6.07 Å². The zero-order chi connectivity index (χ0) is 13.7. The summed E-state index contributed by atoms with van der Waals surface area (Å²) < 4.78 is 0. The molecular weight excluding hydrogens is 246 g/mol. The largest absolute Gasteiger partial charge is 0.395 e. The van der Waals surface area contributed by atoms with Gasteiger partial charge in [-0.2, -0.15) is 0 Å². The number of anilines is 1. The van der Waals surface area contributed by atoms with Crippen molar-refractivity contribution < 1.29 is 10.0 Å². The summed E-state index contributed by atoms with van der Waals surface area (Å²) in [5, 5.41) is 19.8. The van der Waals surface area contributed by atoms with Gasteiger partial charge in [0.05, 0.1) is 12.3 Å². The van der Waals surface area contributed by atoms with Crippen molar-refractivity contribution in [3.8, 4) is 0 Å². The van der Waals surface area contributed by atoms with Crippen molar-refractivity contribution in [2.45, 2.75) is 38.1 Å². The Morgan fingerprint density at radius 1 is 1.37 bits per heavy atom. The van der Waals surface area contributed by atoms with Crippen LogP contribution >= 0.6 is 0 Å². The molecule has 1 N–H and O–H groups in total. The molecule has 1 aromatic heterocycles. The summed E-state index contributed by atoms with van der Waals surface area (Å²) in [5.41, 5.74) is 0.853. The van der Waals surface area contributed by atoms with E-state index in [0.717, 1.165) is 18.5 Å². The first-order chi connectivity index (χ1) is 9.22. The van der Waals surface area contributed by atoms with Crippen LogP contribution in [0.25, 0.3) is 0 Å². The van der Waals surface area contributed by atoms with Crippen molar-refractivity contribution in [1.82, 2.24) is 4.98 Å². The van der Waals surface area contributed by atoms with E-state index in [2.05, 4.69) is 9.88 Å². The number of aromatic nitrogens is 1. The third-order valence-electron chi connectivity index (χ3n) is 3.61. The van der Waals surface area contributed by atoms with Gasteiger partial charge in [-0.05, 0) is 28.8 Å². The van der Waals surface area contributed by atoms with E-state index in [0.29, 0.717) is 12.6 Å². The highest BCUT2D eigenvalue weighted by molar-refractivity contribution is 5.47. The van der Waals surface area contributed by atoms with Crippen molar-refractivity contribution >= 4 is 11.5 Å². The molecule has 0 amide bonds. The van der Waals surface area contributed by atoms with Crippen LogP contribution in [0.4, 0.5) is 11.5 Å². The van der Waals surface area contributed by atoms with Crippen LogP contribution < -0.4 is 4.90 Å². The lowest BCUT2D eigenvalue weighted by Gasteiger charge is -2.35. The van der Waals surface area contributed by atoms with Crippen molar-refractivity contribution in [1.29, 1.82) is 0 Å². The maximum Gasteiger partial charge on any atom is 0.363 e. The zero-order valence-electron chi connectivity index (χ0n) is 10.9. The lowest BCUT2D eigenvalue weighted by atomic mass is 9.94. The van der Waals surface area contributed by atoms with E-state index in [1.807, 2.05) is 0 Å². The molecule has 0 saturated heterocycles. The number of nitrogens with zero attached hydrogens (tertiary/aromatic N) is 3. The predicted octanol–water partition coefficient (Wildman–Crippen LogP) is 2.12. The number of pyridine rings is 1. The van der Waals surface area contributed by atoms with Crippen LogP contribution in [0.15, 0.2) is 18.3 Å². The molecule has 1 aromatic rings. The molecule has 1 heterocycles. The second kappa shape index (κ2) is 6.47. The van der Waals surface area contributed by atoms with Crippen molar-refractivity contribution in [3.63, 3.8) is 0 Å². The molecule has 1 fully saturated rings. The summed E-state index contributed by atoms with van der Waals surface area (Å²) in [5.74, 6) is -0.142. The van der Waals surface area contributed by atoms with Crippen molar-refractivity contribution in [2.75, 3.05) is 18.1 Å². The summed E-state index contributed by atoms with van der Waals surface area (Å²) in [6.07, 6.45) is 7.42. The first-order valence-electron chi connectivity index (χ1n) is 6.70. The van der Waals surface area contributed by atoms with Crippen LogP contribution in [-0.4, -0.2) is 34.2 Å². The number of rotatable bonds is 5. The van der Waals surface area contributed by atoms with E-state index in [9.17, 15) is 15.2 Å². The van der Waals surface area contributed by atoms with Gasteiger partial charge < -0.3 is 20.1 Å². The molecule has 1 aliphatic carbocycles. The SMILES string of the molecule is O=[N+]([O-])c1ccc(N(CCO)C2CCCCC2)cn1. The van der Waals surface area contributed by atoms with Gasteiger partial charge in [0.1, 0.15) is 0 Å². The molecule has 1 saturated carbocycles. The molecule has 1 aliphatic rings. The smallest absolute Gasteiger partial charge is 0.363 e. The Hall–Kier alpha value is -1.69. The van der Waals surface area contributed by atoms with Gasteiger partial charge in [0.25, 0.3) is 0 Å². The van der Waals surface area contributed by atoms with Crippen LogP contribution in [0.1, 0.15) is 32.1 Å². The zero-order valence-corrected chi connectivity index (χ0v) is 10.9. The van der Waals surface area contributed by atoms with Crippen molar-refractivity contribution in [2.24, 2.45) is 0 Å². The molecule has 6 nitrogen and oxygen atoms in total. The Morgan fingerprint density at radius 2 is 2.11 bits per heavy atom. The van der Waals surface area contributed by atoms with Crippen LogP contribution in [0.2, 0.25) is 0 Å². The number of aliphatic hydroxyl groups is 1. The van der Waals surface area contributed by atoms with E-state index in [-0.39, 0.29) is 12.4 Å². The lowest BCUT2D eigenvalue weighted by Crippen LogP contribution is -2.38.